The molecule has 6 heteroatoms. The van der Waals surface area contributed by atoms with Crippen LogP contribution in [0.4, 0.5) is 0 Å². The maximum Gasteiger partial charge on any atom is 1.00 e. The van der Waals surface area contributed by atoms with Gasteiger partial charge in [0.25, 0.3) is 0 Å². The fraction of sp³-hybridized carbons (Fsp3) is 0.857. The van der Waals surface area contributed by atoms with E-state index >= 15 is 0 Å². The topological polar surface area (TPSA) is 24.5 Å². The molecule has 1 saturated heterocycles. The first-order valence-corrected chi connectivity index (χ1v) is 4.85. The Morgan fingerprint density at radius 3 is 2.62 bits per heavy atom. The summed E-state index contributed by atoms with van der Waals surface area (Å²) in [4.78, 5) is 2.34. The fourth-order valence-corrected chi connectivity index (χ4v) is 1.34. The third kappa shape index (κ3) is 7.58. The molecular formula is C7H13KN2OS2. The van der Waals surface area contributed by atoms with Crippen molar-refractivity contribution in [3.8, 4) is 0 Å². The van der Waals surface area contributed by atoms with Crippen molar-refractivity contribution in [3.05, 3.63) is 0 Å². The Balaban J connectivity index is 0.00000144. The summed E-state index contributed by atoms with van der Waals surface area (Å²) in [6.07, 6.45) is 0. The molecule has 0 aromatic heterocycles. The molecule has 0 aromatic carbocycles. The molecule has 1 heterocycles. The first-order chi connectivity index (χ1) is 5.79. The molecule has 0 amide bonds. The minimum absolute atomic E-state index is 0. The summed E-state index contributed by atoms with van der Waals surface area (Å²) in [5.41, 5.74) is 0. The van der Waals surface area contributed by atoms with Gasteiger partial charge in [-0.05, 0) is 0 Å². The van der Waals surface area contributed by atoms with Crippen molar-refractivity contribution in [2.24, 2.45) is 0 Å². The van der Waals surface area contributed by atoms with Crippen molar-refractivity contribution in [1.82, 2.24) is 10.2 Å². The number of hydrogen-bond donors (Lipinski definition) is 1. The molecule has 0 aliphatic carbocycles. The molecule has 1 N–H and O–H groups in total. The van der Waals surface area contributed by atoms with E-state index in [1.165, 1.54) is 0 Å². The number of nitrogens with zero attached hydrogens (tertiary/aromatic N) is 1. The molecule has 3 nitrogen and oxygen atoms in total. The molecule has 0 saturated carbocycles. The van der Waals surface area contributed by atoms with Crippen molar-refractivity contribution in [2.45, 2.75) is 0 Å². The zero-order valence-electron chi connectivity index (χ0n) is 7.91. The second-order valence-corrected chi connectivity index (χ2v) is 3.74. The molecule has 0 bridgehead atoms. The smallest absolute Gasteiger partial charge is 0.412 e. The van der Waals surface area contributed by atoms with Crippen LogP contribution in [0.25, 0.3) is 0 Å². The summed E-state index contributed by atoms with van der Waals surface area (Å²) < 4.78 is 5.68. The molecule has 0 unspecified atom stereocenters. The average molecular weight is 244 g/mol. The molecule has 0 radical (unpaired) electrons. The van der Waals surface area contributed by atoms with E-state index in [-0.39, 0.29) is 51.4 Å². The first kappa shape index (κ1) is 14.7. The van der Waals surface area contributed by atoms with E-state index in [9.17, 15) is 0 Å². The number of thiocarbonyl (C=S) groups is 1. The van der Waals surface area contributed by atoms with E-state index in [0.29, 0.717) is 4.32 Å². The van der Waals surface area contributed by atoms with Crippen molar-refractivity contribution >= 4 is 29.2 Å². The van der Waals surface area contributed by atoms with E-state index < -0.39 is 0 Å². The van der Waals surface area contributed by atoms with E-state index in [4.69, 9.17) is 29.6 Å². The van der Waals surface area contributed by atoms with Crippen LogP contribution < -0.4 is 56.7 Å². The molecule has 0 spiro atoms. The maximum atomic E-state index is 5.22. The number of nitrogens with one attached hydrogen (secondary N) is 1. The first-order valence-electron chi connectivity index (χ1n) is 4.04. The van der Waals surface area contributed by atoms with Gasteiger partial charge >= 0.3 is 51.4 Å². The van der Waals surface area contributed by atoms with Crippen LogP contribution in [0, 0.1) is 0 Å². The van der Waals surface area contributed by atoms with Crippen LogP contribution in [-0.4, -0.2) is 48.6 Å². The zero-order chi connectivity index (χ0) is 8.81. The summed E-state index contributed by atoms with van der Waals surface area (Å²) >= 11 is 9.45. The zero-order valence-corrected chi connectivity index (χ0v) is 12.7. The third-order valence-electron chi connectivity index (χ3n) is 1.80. The van der Waals surface area contributed by atoms with Crippen molar-refractivity contribution in [3.63, 3.8) is 0 Å². The summed E-state index contributed by atoms with van der Waals surface area (Å²) in [5, 5.41) is 2.96. The predicted molar refractivity (Wildman–Crippen MR) is 55.2 cm³/mol. The van der Waals surface area contributed by atoms with Gasteiger partial charge in [-0.2, -0.15) is 0 Å². The largest absolute Gasteiger partial charge is 1.00 e. The maximum absolute atomic E-state index is 5.22. The monoisotopic (exact) mass is 244 g/mol. The van der Waals surface area contributed by atoms with Gasteiger partial charge in [0.1, 0.15) is 0 Å². The minimum atomic E-state index is 0. The Morgan fingerprint density at radius 2 is 2.08 bits per heavy atom. The van der Waals surface area contributed by atoms with Crippen LogP contribution in [-0.2, 0) is 17.4 Å². The van der Waals surface area contributed by atoms with Gasteiger partial charge in [0.2, 0.25) is 0 Å². The molecule has 1 aliphatic heterocycles. The van der Waals surface area contributed by atoms with Crippen LogP contribution in [0.3, 0.4) is 0 Å². The predicted octanol–water partition coefficient (Wildman–Crippen LogP) is -3.26. The minimum Gasteiger partial charge on any atom is -0.412 e. The van der Waals surface area contributed by atoms with Gasteiger partial charge in [-0.25, -0.2) is 0 Å². The Kier molecular flexibility index (Phi) is 10.1. The van der Waals surface area contributed by atoms with E-state index in [0.717, 1.165) is 39.4 Å². The van der Waals surface area contributed by atoms with Gasteiger partial charge in [0.05, 0.1) is 13.2 Å². The number of rotatable bonds is 3. The van der Waals surface area contributed by atoms with Gasteiger partial charge in [-0.15, -0.1) is 0 Å². The second-order valence-electron chi connectivity index (χ2n) is 2.67. The fourth-order valence-electron chi connectivity index (χ4n) is 1.14. The van der Waals surface area contributed by atoms with Gasteiger partial charge in [0.15, 0.2) is 0 Å². The molecule has 70 valence electrons. The van der Waals surface area contributed by atoms with Gasteiger partial charge in [0, 0.05) is 26.2 Å². The van der Waals surface area contributed by atoms with Gasteiger partial charge < -0.3 is 34.9 Å². The Morgan fingerprint density at radius 1 is 1.46 bits per heavy atom. The molecule has 1 rings (SSSR count). The molecule has 1 aliphatic rings. The Bertz CT molecular complexity index is 153. The quantitative estimate of drug-likeness (QED) is 0.319. The Hall–Kier alpha value is 1.67. The van der Waals surface area contributed by atoms with E-state index in [2.05, 4.69) is 10.2 Å². The van der Waals surface area contributed by atoms with Crippen molar-refractivity contribution < 1.29 is 56.1 Å². The standard InChI is InChI=1S/C7H14N2OS2.K/c11-7(12)8-1-2-9-3-5-10-6-4-9;/h1-6H2,(H2,8,11,12);/q;+1/p-1. The molecule has 0 atom stereocenters. The summed E-state index contributed by atoms with van der Waals surface area (Å²) in [7, 11) is 0. The summed E-state index contributed by atoms with van der Waals surface area (Å²) in [6, 6.07) is 0. The van der Waals surface area contributed by atoms with Crippen molar-refractivity contribution in [1.29, 1.82) is 0 Å². The molecular weight excluding hydrogens is 231 g/mol. The van der Waals surface area contributed by atoms with Crippen LogP contribution in [0.5, 0.6) is 0 Å². The van der Waals surface area contributed by atoms with Gasteiger partial charge in [-0.3, -0.25) is 4.90 Å². The van der Waals surface area contributed by atoms with Crippen LogP contribution in [0.1, 0.15) is 0 Å². The van der Waals surface area contributed by atoms with Crippen molar-refractivity contribution in [2.75, 3.05) is 39.4 Å². The van der Waals surface area contributed by atoms with Gasteiger partial charge in [-0.1, -0.05) is 4.32 Å². The number of ether oxygens (including phenoxy) is 1. The summed E-state index contributed by atoms with van der Waals surface area (Å²) in [5.74, 6) is 0. The Labute approximate surface area is 133 Å². The molecule has 13 heavy (non-hydrogen) atoms. The second kappa shape index (κ2) is 8.93. The molecule has 0 aromatic rings. The average Bonchev–Trinajstić information content (AvgIpc) is 2.05. The number of morpholine rings is 1. The van der Waals surface area contributed by atoms with Crippen LogP contribution in [0.15, 0.2) is 0 Å². The normalized spacial score (nSPS) is 17.5. The molecule has 1 fully saturated rings. The third-order valence-corrected chi connectivity index (χ3v) is 2.09. The van der Waals surface area contributed by atoms with E-state index in [1.54, 1.807) is 0 Å². The summed E-state index contributed by atoms with van der Waals surface area (Å²) in [6.45, 7) is 5.58. The van der Waals surface area contributed by atoms with Crippen LogP contribution >= 0.6 is 12.2 Å². The SMILES string of the molecule is S=C([S-])NCCN1CCOCC1.[K+]. The van der Waals surface area contributed by atoms with Crippen LogP contribution in [0.2, 0.25) is 0 Å². The number of hydrogen-bond acceptors (Lipinski definition) is 4. The van der Waals surface area contributed by atoms with E-state index in [1.807, 2.05) is 0 Å².